The Kier molecular flexibility index (Phi) is 3.76. The Labute approximate surface area is 119 Å². The second-order valence-electron chi connectivity index (χ2n) is 4.39. The summed E-state index contributed by atoms with van der Waals surface area (Å²) >= 11 is 0. The summed E-state index contributed by atoms with van der Waals surface area (Å²) in [6, 6.07) is 26.0. The van der Waals surface area contributed by atoms with Crippen LogP contribution in [0.1, 0.15) is 0 Å². The van der Waals surface area contributed by atoms with Crippen molar-refractivity contribution < 1.29 is 4.73 Å². The molecule has 0 saturated carbocycles. The lowest BCUT2D eigenvalue weighted by molar-refractivity contribution is -0.585. The Morgan fingerprint density at radius 3 is 1.65 bits per heavy atom. The van der Waals surface area contributed by atoms with Gasteiger partial charge in [-0.1, -0.05) is 60.7 Å². The number of hydrogen-bond donors (Lipinski definition) is 0. The molecule has 3 heteroatoms. The average Bonchev–Trinajstić information content (AvgIpc) is 2.52. The fourth-order valence-corrected chi connectivity index (χ4v) is 4.43. The van der Waals surface area contributed by atoms with Crippen molar-refractivity contribution in [2.75, 3.05) is 0 Å². The van der Waals surface area contributed by atoms with E-state index in [0.29, 0.717) is 0 Å². The largest absolute Gasteiger partial charge is 0.618 e. The lowest BCUT2D eigenvalue weighted by atomic mass is 10.4. The van der Waals surface area contributed by atoms with Crippen LogP contribution in [0.15, 0.2) is 85.1 Å². The Bertz CT molecular complexity index is 646. The lowest BCUT2D eigenvalue weighted by Crippen LogP contribution is -2.45. The molecule has 0 fully saturated rings. The number of aromatic nitrogens is 1. The maximum Gasteiger partial charge on any atom is 0.221 e. The smallest absolute Gasteiger partial charge is 0.221 e. The minimum absolute atomic E-state index is 0.805. The molecule has 3 rings (SSSR count). The van der Waals surface area contributed by atoms with E-state index in [1.807, 2.05) is 48.5 Å². The molecular weight excluding hydrogens is 265 g/mol. The molecule has 3 aromatic rings. The molecule has 0 spiro atoms. The quantitative estimate of drug-likeness (QED) is 0.410. The van der Waals surface area contributed by atoms with Crippen molar-refractivity contribution in [3.05, 3.63) is 90.3 Å². The van der Waals surface area contributed by atoms with Crippen LogP contribution in [-0.4, -0.2) is 0 Å². The highest BCUT2D eigenvalue weighted by Gasteiger charge is 2.22. The molecule has 2 aromatic carbocycles. The Morgan fingerprint density at radius 1 is 0.650 bits per heavy atom. The van der Waals surface area contributed by atoms with Crippen LogP contribution in [0.3, 0.4) is 0 Å². The first-order chi connectivity index (χ1) is 9.86. The topological polar surface area (TPSA) is 26.9 Å². The zero-order valence-corrected chi connectivity index (χ0v) is 11.8. The van der Waals surface area contributed by atoms with Crippen molar-refractivity contribution in [2.24, 2.45) is 0 Å². The standard InChI is InChI=1S/C17H14NOP/c19-18-14-8-7-13-17(18)20(15-9-3-1-4-10-15)16-11-5-2-6-12-16/h1-14H. The Hall–Kier alpha value is -2.18. The first-order valence-electron chi connectivity index (χ1n) is 6.45. The Morgan fingerprint density at radius 2 is 1.15 bits per heavy atom. The van der Waals surface area contributed by atoms with Crippen molar-refractivity contribution in [2.45, 2.75) is 0 Å². The third-order valence-electron chi connectivity index (χ3n) is 3.06. The van der Waals surface area contributed by atoms with Gasteiger partial charge in [0.1, 0.15) is 0 Å². The SMILES string of the molecule is [O-][n+]1ccccc1P(c1ccccc1)c1ccccc1. The zero-order valence-electron chi connectivity index (χ0n) is 10.9. The molecule has 98 valence electrons. The summed E-state index contributed by atoms with van der Waals surface area (Å²) in [5, 5.41) is 14.5. The molecule has 0 N–H and O–H groups in total. The predicted octanol–water partition coefficient (Wildman–Crippen LogP) is 2.08. The summed E-state index contributed by atoms with van der Waals surface area (Å²) < 4.78 is 0.978. The van der Waals surface area contributed by atoms with Gasteiger partial charge in [0.2, 0.25) is 5.44 Å². The molecule has 0 radical (unpaired) electrons. The van der Waals surface area contributed by atoms with Gasteiger partial charge in [0.05, 0.1) is 7.92 Å². The van der Waals surface area contributed by atoms with Crippen LogP contribution >= 0.6 is 7.92 Å². The normalized spacial score (nSPS) is 10.7. The number of benzene rings is 2. The summed E-state index contributed by atoms with van der Waals surface area (Å²) in [5.74, 6) is 0. The fourth-order valence-electron chi connectivity index (χ4n) is 2.16. The molecule has 20 heavy (non-hydrogen) atoms. The van der Waals surface area contributed by atoms with Gasteiger partial charge in [-0.05, 0) is 16.7 Å². The highest BCUT2D eigenvalue weighted by Crippen LogP contribution is 2.30. The third kappa shape index (κ3) is 2.56. The van der Waals surface area contributed by atoms with E-state index in [4.69, 9.17) is 0 Å². The minimum atomic E-state index is -0.816. The maximum absolute atomic E-state index is 12.1. The van der Waals surface area contributed by atoms with E-state index < -0.39 is 7.92 Å². The van der Waals surface area contributed by atoms with E-state index in [9.17, 15) is 5.21 Å². The van der Waals surface area contributed by atoms with Crippen molar-refractivity contribution in [1.82, 2.24) is 0 Å². The molecule has 0 unspecified atom stereocenters. The molecule has 0 aliphatic heterocycles. The third-order valence-corrected chi connectivity index (χ3v) is 5.50. The zero-order chi connectivity index (χ0) is 13.8. The average molecular weight is 279 g/mol. The van der Waals surface area contributed by atoms with Gasteiger partial charge in [-0.3, -0.25) is 0 Å². The summed E-state index contributed by atoms with van der Waals surface area (Å²) in [4.78, 5) is 0. The first kappa shape index (κ1) is 12.8. The van der Waals surface area contributed by atoms with Crippen LogP contribution in [0.5, 0.6) is 0 Å². The van der Waals surface area contributed by atoms with Crippen molar-refractivity contribution in [1.29, 1.82) is 0 Å². The van der Waals surface area contributed by atoms with Gasteiger partial charge < -0.3 is 5.21 Å². The summed E-state index contributed by atoms with van der Waals surface area (Å²) in [6.07, 6.45) is 1.57. The van der Waals surface area contributed by atoms with Crippen LogP contribution in [-0.2, 0) is 0 Å². The molecular formula is C17H14NOP. The molecule has 0 atom stereocenters. The molecule has 0 saturated heterocycles. The number of hydrogen-bond acceptors (Lipinski definition) is 1. The van der Waals surface area contributed by atoms with Gasteiger partial charge in [0.15, 0.2) is 6.20 Å². The first-order valence-corrected chi connectivity index (χ1v) is 7.79. The van der Waals surface area contributed by atoms with Crippen LogP contribution in [0.4, 0.5) is 0 Å². The molecule has 0 bridgehead atoms. The van der Waals surface area contributed by atoms with E-state index in [-0.39, 0.29) is 0 Å². The van der Waals surface area contributed by atoms with E-state index in [1.54, 1.807) is 12.3 Å². The van der Waals surface area contributed by atoms with Gasteiger partial charge in [0.25, 0.3) is 0 Å². The molecule has 1 aromatic heterocycles. The van der Waals surface area contributed by atoms with Gasteiger partial charge in [-0.15, -0.1) is 0 Å². The van der Waals surface area contributed by atoms with E-state index in [1.165, 1.54) is 10.6 Å². The second kappa shape index (κ2) is 5.85. The van der Waals surface area contributed by atoms with Gasteiger partial charge in [0, 0.05) is 12.1 Å². The molecule has 1 heterocycles. The van der Waals surface area contributed by atoms with E-state index in [0.717, 1.165) is 10.2 Å². The monoisotopic (exact) mass is 279 g/mol. The summed E-state index contributed by atoms with van der Waals surface area (Å²) in [5.41, 5.74) is 0.805. The van der Waals surface area contributed by atoms with Crippen LogP contribution in [0.2, 0.25) is 0 Å². The maximum atomic E-state index is 12.1. The number of pyridine rings is 1. The minimum Gasteiger partial charge on any atom is -0.618 e. The summed E-state index contributed by atoms with van der Waals surface area (Å²) in [6.45, 7) is 0. The van der Waals surface area contributed by atoms with Crippen LogP contribution in [0.25, 0.3) is 0 Å². The highest BCUT2D eigenvalue weighted by molar-refractivity contribution is 7.79. The summed E-state index contributed by atoms with van der Waals surface area (Å²) in [7, 11) is -0.816. The second-order valence-corrected chi connectivity index (χ2v) is 6.55. The molecule has 0 amide bonds. The van der Waals surface area contributed by atoms with Gasteiger partial charge in [-0.25, -0.2) is 0 Å². The van der Waals surface area contributed by atoms with Gasteiger partial charge >= 0.3 is 0 Å². The lowest BCUT2D eigenvalue weighted by Gasteiger charge is -2.17. The van der Waals surface area contributed by atoms with Gasteiger partial charge in [-0.2, -0.15) is 4.73 Å². The van der Waals surface area contributed by atoms with Crippen molar-refractivity contribution >= 4 is 24.0 Å². The Balaban J connectivity index is 2.17. The molecule has 0 aliphatic carbocycles. The molecule has 2 nitrogen and oxygen atoms in total. The van der Waals surface area contributed by atoms with E-state index >= 15 is 0 Å². The number of rotatable bonds is 3. The molecule has 0 aliphatic rings. The fraction of sp³-hybridized carbons (Fsp3) is 0. The van der Waals surface area contributed by atoms with Crippen LogP contribution in [0, 0.1) is 5.21 Å². The van der Waals surface area contributed by atoms with Crippen LogP contribution < -0.4 is 20.8 Å². The highest BCUT2D eigenvalue weighted by atomic mass is 31.1. The number of nitrogens with zero attached hydrogens (tertiary/aromatic N) is 1. The van der Waals surface area contributed by atoms with Crippen molar-refractivity contribution in [3.8, 4) is 0 Å². The van der Waals surface area contributed by atoms with Crippen molar-refractivity contribution in [3.63, 3.8) is 0 Å². The predicted molar refractivity (Wildman–Crippen MR) is 84.1 cm³/mol. The van der Waals surface area contributed by atoms with E-state index in [2.05, 4.69) is 24.3 Å².